The maximum absolute atomic E-state index is 13.8. The Bertz CT molecular complexity index is 985. The smallest absolute Gasteiger partial charge is 0.305 e. The van der Waals surface area contributed by atoms with Crippen molar-refractivity contribution in [1.29, 1.82) is 0 Å². The largest absolute Gasteiger partial charge is 0.481 e. The van der Waals surface area contributed by atoms with Gasteiger partial charge in [-0.15, -0.1) is 0 Å². The van der Waals surface area contributed by atoms with Gasteiger partial charge in [0, 0.05) is 11.6 Å². The lowest BCUT2D eigenvalue weighted by atomic mass is 9.84. The third kappa shape index (κ3) is 5.29. The van der Waals surface area contributed by atoms with Crippen LogP contribution in [0.3, 0.4) is 0 Å². The molecule has 0 spiro atoms. The zero-order valence-corrected chi connectivity index (χ0v) is 20.0. The molecule has 1 aromatic rings. The summed E-state index contributed by atoms with van der Waals surface area (Å²) in [6.45, 7) is 7.38. The molecule has 1 saturated heterocycles. The molecule has 2 bridgehead atoms. The number of aryl methyl sites for hydroxylation is 1. The van der Waals surface area contributed by atoms with Crippen LogP contribution in [0.5, 0.6) is 0 Å². The molecule has 3 unspecified atom stereocenters. The Labute approximate surface area is 199 Å². The number of nitrogens with zero attached hydrogens (tertiary/aromatic N) is 1. The van der Waals surface area contributed by atoms with Gasteiger partial charge in [-0.1, -0.05) is 39.0 Å². The predicted octanol–water partition coefficient (Wildman–Crippen LogP) is 1.68. The summed E-state index contributed by atoms with van der Waals surface area (Å²) in [4.78, 5) is 63.9. The summed E-state index contributed by atoms with van der Waals surface area (Å²) in [7, 11) is 0. The summed E-state index contributed by atoms with van der Waals surface area (Å²) in [5.41, 5.74) is 0.632. The van der Waals surface area contributed by atoms with Gasteiger partial charge in [-0.05, 0) is 49.1 Å². The first-order chi connectivity index (χ1) is 15.9. The van der Waals surface area contributed by atoms with Crippen LogP contribution < -0.4 is 10.6 Å². The number of aldehydes is 1. The van der Waals surface area contributed by atoms with Crippen LogP contribution in [0.1, 0.15) is 62.4 Å². The van der Waals surface area contributed by atoms with Crippen LogP contribution in [-0.4, -0.2) is 64.2 Å². The van der Waals surface area contributed by atoms with Gasteiger partial charge in [0.1, 0.15) is 18.4 Å². The molecule has 0 aromatic heterocycles. The molecule has 1 aliphatic carbocycles. The first kappa shape index (κ1) is 25.4. The van der Waals surface area contributed by atoms with Crippen LogP contribution in [-0.2, 0) is 19.2 Å². The van der Waals surface area contributed by atoms with Crippen LogP contribution in [0.15, 0.2) is 24.3 Å². The van der Waals surface area contributed by atoms with Crippen molar-refractivity contribution in [3.05, 3.63) is 35.4 Å². The molecule has 1 heterocycles. The number of amides is 3. The van der Waals surface area contributed by atoms with E-state index in [0.29, 0.717) is 18.3 Å². The molecule has 1 saturated carbocycles. The molecular weight excluding hydrogens is 438 g/mol. The van der Waals surface area contributed by atoms with E-state index in [1.54, 1.807) is 17.0 Å². The minimum Gasteiger partial charge on any atom is -0.481 e. The lowest BCUT2D eigenvalue weighted by Gasteiger charge is -2.40. The Morgan fingerprint density at radius 3 is 2.41 bits per heavy atom. The fraction of sp³-hybridized carbons (Fsp3) is 0.560. The SMILES string of the molecule is Cc1ccccc1C(=O)N[C@H](C(=O)N1C2CC[C@@H](C2)C1C(=O)NC(C=O)CC(=O)O)C(C)(C)C. The van der Waals surface area contributed by atoms with Crippen LogP contribution in [0.2, 0.25) is 0 Å². The number of rotatable bonds is 8. The average molecular weight is 472 g/mol. The number of carbonyl (C=O) groups excluding carboxylic acids is 4. The van der Waals surface area contributed by atoms with Crippen molar-refractivity contribution in [2.24, 2.45) is 11.3 Å². The quantitative estimate of drug-likeness (QED) is 0.494. The fourth-order valence-electron chi connectivity index (χ4n) is 5.07. The van der Waals surface area contributed by atoms with Crippen LogP contribution in [0.4, 0.5) is 0 Å². The Balaban J connectivity index is 1.85. The molecule has 3 N–H and O–H groups in total. The number of carbonyl (C=O) groups is 5. The summed E-state index contributed by atoms with van der Waals surface area (Å²) < 4.78 is 0. The third-order valence-electron chi connectivity index (χ3n) is 6.77. The summed E-state index contributed by atoms with van der Waals surface area (Å²) in [6.07, 6.45) is 2.06. The number of hydrogen-bond acceptors (Lipinski definition) is 5. The van der Waals surface area contributed by atoms with E-state index in [0.717, 1.165) is 18.4 Å². The number of aliphatic carboxylic acids is 1. The van der Waals surface area contributed by atoms with Gasteiger partial charge >= 0.3 is 5.97 Å². The Hall–Kier alpha value is -3.23. The average Bonchev–Trinajstić information content (AvgIpc) is 3.37. The number of carboxylic acids is 1. The van der Waals surface area contributed by atoms with Crippen molar-refractivity contribution in [3.8, 4) is 0 Å². The first-order valence-corrected chi connectivity index (χ1v) is 11.6. The highest BCUT2D eigenvalue weighted by atomic mass is 16.4. The summed E-state index contributed by atoms with van der Waals surface area (Å²) in [5, 5.41) is 14.4. The lowest BCUT2D eigenvalue weighted by Crippen LogP contribution is -2.61. The highest BCUT2D eigenvalue weighted by molar-refractivity contribution is 6.00. The van der Waals surface area contributed by atoms with Gasteiger partial charge in [0.15, 0.2) is 0 Å². The molecule has 2 aliphatic rings. The molecule has 0 radical (unpaired) electrons. The molecule has 34 heavy (non-hydrogen) atoms. The van der Waals surface area contributed by atoms with Crippen molar-refractivity contribution in [1.82, 2.24) is 15.5 Å². The highest BCUT2D eigenvalue weighted by Gasteiger charge is 2.53. The highest BCUT2D eigenvalue weighted by Crippen LogP contribution is 2.43. The number of piperidine rings is 1. The minimum atomic E-state index is -1.20. The number of carboxylic acid groups (broad SMARTS) is 1. The monoisotopic (exact) mass is 471 g/mol. The molecule has 2 fully saturated rings. The molecule has 9 heteroatoms. The maximum Gasteiger partial charge on any atom is 0.305 e. The molecule has 9 nitrogen and oxygen atoms in total. The Kier molecular flexibility index (Phi) is 7.43. The van der Waals surface area contributed by atoms with E-state index in [9.17, 15) is 24.0 Å². The zero-order chi connectivity index (χ0) is 25.2. The van der Waals surface area contributed by atoms with E-state index in [-0.39, 0.29) is 23.8 Å². The summed E-state index contributed by atoms with van der Waals surface area (Å²) in [6, 6.07) is 4.13. The van der Waals surface area contributed by atoms with Gasteiger partial charge in [-0.3, -0.25) is 19.2 Å². The van der Waals surface area contributed by atoms with E-state index in [1.807, 2.05) is 39.8 Å². The van der Waals surface area contributed by atoms with Crippen molar-refractivity contribution >= 4 is 30.0 Å². The van der Waals surface area contributed by atoms with Gasteiger partial charge in [0.05, 0.1) is 12.5 Å². The van der Waals surface area contributed by atoms with Gasteiger partial charge < -0.3 is 25.4 Å². The fourth-order valence-corrected chi connectivity index (χ4v) is 5.07. The van der Waals surface area contributed by atoms with Gasteiger partial charge in [-0.25, -0.2) is 0 Å². The second kappa shape index (κ2) is 9.95. The molecule has 184 valence electrons. The third-order valence-corrected chi connectivity index (χ3v) is 6.77. The second-order valence-corrected chi connectivity index (χ2v) is 10.4. The van der Waals surface area contributed by atoms with Crippen LogP contribution >= 0.6 is 0 Å². The van der Waals surface area contributed by atoms with E-state index in [2.05, 4.69) is 10.6 Å². The van der Waals surface area contributed by atoms with Crippen molar-refractivity contribution in [2.45, 2.75) is 77.5 Å². The van der Waals surface area contributed by atoms with Gasteiger partial charge in [-0.2, -0.15) is 0 Å². The predicted molar refractivity (Wildman–Crippen MR) is 124 cm³/mol. The normalized spacial score (nSPS) is 23.2. The summed E-state index contributed by atoms with van der Waals surface area (Å²) in [5.74, 6) is -2.51. The first-order valence-electron chi connectivity index (χ1n) is 11.6. The van der Waals surface area contributed by atoms with E-state index in [1.165, 1.54) is 0 Å². The molecule has 1 aliphatic heterocycles. The molecule has 1 aromatic carbocycles. The minimum absolute atomic E-state index is 0.0706. The maximum atomic E-state index is 13.8. The standard InChI is InChI=1S/C25H33N3O6/c1-14-7-5-6-8-18(14)22(32)27-21(25(2,3)4)24(34)28-17-10-9-15(11-17)20(28)23(33)26-16(13-29)12-19(30)31/h5-8,13,15-17,20-21H,9-12H2,1-4H3,(H,26,33)(H,27,32)(H,30,31)/t15-,16?,17?,20?,21+/m0/s1. The topological polar surface area (TPSA) is 133 Å². The molecule has 3 rings (SSSR count). The number of fused-ring (bicyclic) bond motifs is 2. The number of benzene rings is 1. The molecular formula is C25H33N3O6. The van der Waals surface area contributed by atoms with Crippen molar-refractivity contribution in [3.63, 3.8) is 0 Å². The number of nitrogens with one attached hydrogen (secondary N) is 2. The van der Waals surface area contributed by atoms with Crippen LogP contribution in [0.25, 0.3) is 0 Å². The number of hydrogen-bond donors (Lipinski definition) is 3. The Morgan fingerprint density at radius 2 is 1.82 bits per heavy atom. The Morgan fingerprint density at radius 1 is 1.15 bits per heavy atom. The lowest BCUT2D eigenvalue weighted by molar-refractivity contribution is -0.147. The van der Waals surface area contributed by atoms with E-state index < -0.39 is 41.8 Å². The molecule has 3 amide bonds. The molecule has 5 atom stereocenters. The van der Waals surface area contributed by atoms with Crippen molar-refractivity contribution in [2.75, 3.05) is 0 Å². The van der Waals surface area contributed by atoms with Crippen molar-refractivity contribution < 1.29 is 29.1 Å². The van der Waals surface area contributed by atoms with Crippen LogP contribution in [0, 0.1) is 18.3 Å². The second-order valence-electron chi connectivity index (χ2n) is 10.4. The zero-order valence-electron chi connectivity index (χ0n) is 20.0. The summed E-state index contributed by atoms with van der Waals surface area (Å²) >= 11 is 0. The van der Waals surface area contributed by atoms with Gasteiger partial charge in [0.25, 0.3) is 5.91 Å². The van der Waals surface area contributed by atoms with Gasteiger partial charge in [0.2, 0.25) is 11.8 Å². The number of likely N-dealkylation sites (tertiary alicyclic amines) is 1. The van der Waals surface area contributed by atoms with E-state index >= 15 is 0 Å². The van der Waals surface area contributed by atoms with E-state index in [4.69, 9.17) is 5.11 Å².